The molecule has 0 aliphatic heterocycles. The highest BCUT2D eigenvalue weighted by atomic mass is 35.5. The van der Waals surface area contributed by atoms with Crippen molar-refractivity contribution in [1.29, 1.82) is 0 Å². The van der Waals surface area contributed by atoms with E-state index in [1.165, 1.54) is 6.08 Å². The van der Waals surface area contributed by atoms with Crippen LogP contribution < -0.4 is 9.47 Å². The maximum atomic E-state index is 11.3. The number of carbonyl (C=O) groups excluding carboxylic acids is 1. The molecule has 4 nitrogen and oxygen atoms in total. The van der Waals surface area contributed by atoms with Crippen molar-refractivity contribution >= 4 is 17.6 Å². The van der Waals surface area contributed by atoms with Crippen molar-refractivity contribution in [3.05, 3.63) is 35.1 Å². The Bertz CT molecular complexity index is 469. The Kier molecular flexibility index (Phi) is 6.22. The van der Waals surface area contributed by atoms with E-state index >= 15 is 0 Å². The van der Waals surface area contributed by atoms with E-state index in [1.807, 2.05) is 6.92 Å². The molecule has 1 aromatic carbocycles. The molecule has 0 unspecified atom stereocenters. The average molecular weight is 285 g/mol. The number of hydrogen-bond acceptors (Lipinski definition) is 4. The van der Waals surface area contributed by atoms with E-state index in [0.717, 1.165) is 0 Å². The Balaban J connectivity index is 2.82. The number of esters is 1. The minimum atomic E-state index is -0.447. The second kappa shape index (κ2) is 7.69. The van der Waals surface area contributed by atoms with Crippen LogP contribution >= 0.6 is 11.6 Å². The summed E-state index contributed by atoms with van der Waals surface area (Å²) in [4.78, 5) is 11.3. The third-order valence-electron chi connectivity index (χ3n) is 2.11. The molecule has 19 heavy (non-hydrogen) atoms. The van der Waals surface area contributed by atoms with Gasteiger partial charge in [0, 0.05) is 0 Å². The van der Waals surface area contributed by atoms with Gasteiger partial charge in [0.05, 0.1) is 19.3 Å². The molecule has 0 spiro atoms. The van der Waals surface area contributed by atoms with E-state index in [1.54, 1.807) is 32.0 Å². The summed E-state index contributed by atoms with van der Waals surface area (Å²) in [7, 11) is 0. The van der Waals surface area contributed by atoms with Crippen LogP contribution in [0.5, 0.6) is 11.5 Å². The summed E-state index contributed by atoms with van der Waals surface area (Å²) in [6.45, 7) is 6.10. The fourth-order valence-electron chi connectivity index (χ4n) is 1.39. The van der Waals surface area contributed by atoms with Crippen LogP contribution in [0, 0.1) is 0 Å². The number of hydrogen-bond donors (Lipinski definition) is 0. The zero-order valence-corrected chi connectivity index (χ0v) is 12.0. The lowest BCUT2D eigenvalue weighted by atomic mass is 10.3. The molecule has 0 saturated carbocycles. The summed E-state index contributed by atoms with van der Waals surface area (Å²) < 4.78 is 15.6. The monoisotopic (exact) mass is 284 g/mol. The normalized spacial score (nSPS) is 11.1. The van der Waals surface area contributed by atoms with E-state index in [2.05, 4.69) is 0 Å². The quantitative estimate of drug-likeness (QED) is 0.455. The first-order valence-corrected chi connectivity index (χ1v) is 6.40. The molecular formula is C14H17ClO4. The van der Waals surface area contributed by atoms with Crippen LogP contribution in [0.1, 0.15) is 20.8 Å². The summed E-state index contributed by atoms with van der Waals surface area (Å²) in [5.41, 5.74) is 0. The molecule has 0 aromatic heterocycles. The Hall–Kier alpha value is -1.68. The summed E-state index contributed by atoms with van der Waals surface area (Å²) in [6.07, 6.45) is 1.27. The molecule has 0 saturated heterocycles. The van der Waals surface area contributed by atoms with Crippen molar-refractivity contribution in [3.8, 4) is 11.5 Å². The minimum Gasteiger partial charge on any atom is -0.492 e. The Morgan fingerprint density at radius 1 is 1.26 bits per heavy atom. The lowest BCUT2D eigenvalue weighted by Gasteiger charge is -2.11. The lowest BCUT2D eigenvalue weighted by Crippen LogP contribution is -2.03. The van der Waals surface area contributed by atoms with Crippen molar-refractivity contribution in [2.24, 2.45) is 0 Å². The first-order valence-electron chi connectivity index (χ1n) is 6.02. The van der Waals surface area contributed by atoms with E-state index in [4.69, 9.17) is 25.8 Å². The highest BCUT2D eigenvalue weighted by Gasteiger charge is 2.09. The van der Waals surface area contributed by atoms with Crippen LogP contribution in [0.15, 0.2) is 30.0 Å². The Morgan fingerprint density at radius 3 is 2.58 bits per heavy atom. The number of ether oxygens (including phenoxy) is 3. The molecule has 0 amide bonds. The third kappa shape index (κ3) is 4.83. The van der Waals surface area contributed by atoms with Crippen molar-refractivity contribution in [2.75, 3.05) is 13.2 Å². The maximum Gasteiger partial charge on any atom is 0.334 e. The van der Waals surface area contributed by atoms with Gasteiger partial charge in [0.1, 0.15) is 22.3 Å². The average Bonchev–Trinajstić information content (AvgIpc) is 2.34. The fourth-order valence-corrected chi connectivity index (χ4v) is 1.61. The first kappa shape index (κ1) is 15.4. The van der Waals surface area contributed by atoms with Crippen molar-refractivity contribution in [2.45, 2.75) is 20.8 Å². The van der Waals surface area contributed by atoms with Gasteiger partial charge in [-0.2, -0.15) is 0 Å². The van der Waals surface area contributed by atoms with Gasteiger partial charge in [-0.05, 0) is 32.9 Å². The van der Waals surface area contributed by atoms with Gasteiger partial charge in [-0.1, -0.05) is 17.7 Å². The second-order valence-electron chi connectivity index (χ2n) is 3.61. The molecular weight excluding hydrogens is 268 g/mol. The molecule has 1 aromatic rings. The van der Waals surface area contributed by atoms with Crippen molar-refractivity contribution < 1.29 is 19.0 Å². The fraction of sp³-hybridized carbons (Fsp3) is 0.357. The number of rotatable bonds is 6. The number of benzene rings is 1. The van der Waals surface area contributed by atoms with E-state index in [9.17, 15) is 4.79 Å². The third-order valence-corrected chi connectivity index (χ3v) is 2.48. The molecule has 0 heterocycles. The van der Waals surface area contributed by atoms with Crippen molar-refractivity contribution in [3.63, 3.8) is 0 Å². The molecule has 104 valence electrons. The number of allylic oxidation sites excluding steroid dienone is 1. The summed E-state index contributed by atoms with van der Waals surface area (Å²) in [6, 6.07) is 5.22. The van der Waals surface area contributed by atoms with Gasteiger partial charge in [-0.15, -0.1) is 0 Å². The molecule has 0 fully saturated rings. The van der Waals surface area contributed by atoms with Crippen LogP contribution in [-0.2, 0) is 9.53 Å². The Labute approximate surface area is 117 Å². The van der Waals surface area contributed by atoms with Crippen molar-refractivity contribution in [1.82, 2.24) is 0 Å². The minimum absolute atomic E-state index is 0.323. The summed E-state index contributed by atoms with van der Waals surface area (Å²) in [5.74, 6) is 0.933. The Morgan fingerprint density at radius 2 is 1.95 bits per heavy atom. The van der Waals surface area contributed by atoms with Crippen LogP contribution in [-0.4, -0.2) is 19.2 Å². The van der Waals surface area contributed by atoms with Gasteiger partial charge >= 0.3 is 5.97 Å². The summed E-state index contributed by atoms with van der Waals surface area (Å²) >= 11 is 6.14. The number of carbonyl (C=O) groups is 1. The zero-order valence-electron chi connectivity index (χ0n) is 11.2. The van der Waals surface area contributed by atoms with Gasteiger partial charge in [-0.3, -0.25) is 0 Å². The molecule has 0 atom stereocenters. The van der Waals surface area contributed by atoms with E-state index < -0.39 is 5.97 Å². The van der Waals surface area contributed by atoms with Gasteiger partial charge in [-0.25, -0.2) is 4.79 Å². The van der Waals surface area contributed by atoms with Gasteiger partial charge in [0.25, 0.3) is 0 Å². The molecule has 0 N–H and O–H groups in total. The largest absolute Gasteiger partial charge is 0.492 e. The van der Waals surface area contributed by atoms with Gasteiger partial charge in [0.2, 0.25) is 0 Å². The smallest absolute Gasteiger partial charge is 0.334 e. The SMILES string of the molecule is CCOC(=O)C=C(C)Oc1cccc(OCC)c1Cl. The maximum absolute atomic E-state index is 11.3. The zero-order chi connectivity index (χ0) is 14.3. The van der Waals surface area contributed by atoms with E-state index in [0.29, 0.717) is 35.5 Å². The van der Waals surface area contributed by atoms with Crippen LogP contribution in [0.3, 0.4) is 0 Å². The molecule has 0 aliphatic carbocycles. The molecule has 1 rings (SSSR count). The highest BCUT2D eigenvalue weighted by molar-refractivity contribution is 6.33. The summed E-state index contributed by atoms with van der Waals surface area (Å²) in [5, 5.41) is 0.376. The predicted molar refractivity (Wildman–Crippen MR) is 73.6 cm³/mol. The standard InChI is InChI=1S/C14H17ClO4/c1-4-17-11-7-6-8-12(14(11)15)19-10(3)9-13(16)18-5-2/h6-9H,4-5H2,1-3H3. The van der Waals surface area contributed by atoms with E-state index in [-0.39, 0.29) is 0 Å². The highest BCUT2D eigenvalue weighted by Crippen LogP contribution is 2.34. The van der Waals surface area contributed by atoms with Crippen LogP contribution in [0.2, 0.25) is 5.02 Å². The number of halogens is 1. The van der Waals surface area contributed by atoms with Gasteiger partial charge < -0.3 is 14.2 Å². The molecule has 5 heteroatoms. The van der Waals surface area contributed by atoms with Crippen LogP contribution in [0.25, 0.3) is 0 Å². The molecule has 0 aliphatic rings. The second-order valence-corrected chi connectivity index (χ2v) is 3.99. The molecule has 0 bridgehead atoms. The predicted octanol–water partition coefficient (Wildman–Crippen LogP) is 3.58. The van der Waals surface area contributed by atoms with Crippen LogP contribution in [0.4, 0.5) is 0 Å². The first-order chi connectivity index (χ1) is 9.08. The molecule has 0 radical (unpaired) electrons. The lowest BCUT2D eigenvalue weighted by molar-refractivity contribution is -0.137. The van der Waals surface area contributed by atoms with Gasteiger partial charge in [0.15, 0.2) is 0 Å². The topological polar surface area (TPSA) is 44.8 Å².